The van der Waals surface area contributed by atoms with Crippen LogP contribution in [0.4, 0.5) is 5.69 Å². The minimum Gasteiger partial charge on any atom is -0.508 e. The third-order valence-electron chi connectivity index (χ3n) is 2.91. The second-order valence-electron chi connectivity index (χ2n) is 4.00. The number of nitrogens with one attached hydrogen (secondary N) is 1. The van der Waals surface area contributed by atoms with Gasteiger partial charge in [0.1, 0.15) is 11.8 Å². The van der Waals surface area contributed by atoms with Crippen molar-refractivity contribution in [2.75, 3.05) is 5.32 Å². The quantitative estimate of drug-likeness (QED) is 0.782. The lowest BCUT2D eigenvalue weighted by atomic mass is 9.97. The van der Waals surface area contributed by atoms with Crippen LogP contribution in [-0.4, -0.2) is 11.4 Å². The number of rotatable bonds is 1. The highest BCUT2D eigenvalue weighted by molar-refractivity contribution is 5.81. The fraction of sp³-hybridized carbons (Fsp3) is 0.0714. The van der Waals surface area contributed by atoms with Gasteiger partial charge >= 0.3 is 0 Å². The van der Waals surface area contributed by atoms with Crippen LogP contribution >= 0.6 is 0 Å². The van der Waals surface area contributed by atoms with Gasteiger partial charge in [-0.25, -0.2) is 0 Å². The Morgan fingerprint density at radius 3 is 2.59 bits per heavy atom. The maximum atomic E-state index is 9.30. The molecular formula is C14H12N2O. The van der Waals surface area contributed by atoms with Gasteiger partial charge in [0.15, 0.2) is 0 Å². The first-order chi connectivity index (χ1) is 8.34. The summed E-state index contributed by atoms with van der Waals surface area (Å²) in [5.41, 5.74) is 3.31. The average Bonchev–Trinajstić information content (AvgIpc) is 2.39. The van der Waals surface area contributed by atoms with Crippen molar-refractivity contribution in [2.24, 2.45) is 4.99 Å². The van der Waals surface area contributed by atoms with Crippen LogP contribution in [0.2, 0.25) is 0 Å². The molecule has 1 heterocycles. The van der Waals surface area contributed by atoms with Gasteiger partial charge in [-0.2, -0.15) is 0 Å². The van der Waals surface area contributed by atoms with Crippen molar-refractivity contribution in [3.05, 3.63) is 59.7 Å². The van der Waals surface area contributed by atoms with E-state index in [1.54, 1.807) is 18.5 Å². The predicted molar refractivity (Wildman–Crippen MR) is 68.5 cm³/mol. The normalized spacial score (nSPS) is 17.3. The van der Waals surface area contributed by atoms with Gasteiger partial charge in [-0.15, -0.1) is 0 Å². The lowest BCUT2D eigenvalue weighted by Gasteiger charge is -2.21. The number of anilines is 1. The number of nitrogens with zero attached hydrogens (tertiary/aromatic N) is 1. The van der Waals surface area contributed by atoms with Gasteiger partial charge in [-0.1, -0.05) is 30.3 Å². The largest absolute Gasteiger partial charge is 0.508 e. The van der Waals surface area contributed by atoms with Crippen LogP contribution in [0, 0.1) is 0 Å². The lowest BCUT2D eigenvalue weighted by Crippen LogP contribution is -2.10. The minimum atomic E-state index is 0.00745. The van der Waals surface area contributed by atoms with E-state index in [1.807, 2.05) is 30.3 Å². The second-order valence-corrected chi connectivity index (χ2v) is 4.00. The molecule has 3 heteroatoms. The first-order valence-electron chi connectivity index (χ1n) is 5.50. The van der Waals surface area contributed by atoms with Crippen LogP contribution in [0.1, 0.15) is 17.2 Å². The summed E-state index contributed by atoms with van der Waals surface area (Å²) >= 11 is 0. The van der Waals surface area contributed by atoms with Crippen LogP contribution in [0.5, 0.6) is 5.75 Å². The molecule has 0 saturated heterocycles. The first kappa shape index (κ1) is 9.90. The molecule has 1 atom stereocenters. The molecule has 84 valence electrons. The van der Waals surface area contributed by atoms with E-state index in [9.17, 15) is 5.11 Å². The summed E-state index contributed by atoms with van der Waals surface area (Å²) in [5, 5.41) is 12.4. The zero-order valence-corrected chi connectivity index (χ0v) is 9.17. The Morgan fingerprint density at radius 1 is 1.00 bits per heavy atom. The molecule has 2 aromatic carbocycles. The van der Waals surface area contributed by atoms with Gasteiger partial charge in [0.05, 0.1) is 6.34 Å². The third kappa shape index (κ3) is 1.76. The highest BCUT2D eigenvalue weighted by Crippen LogP contribution is 2.33. The van der Waals surface area contributed by atoms with Crippen molar-refractivity contribution in [3.63, 3.8) is 0 Å². The molecule has 0 saturated carbocycles. The van der Waals surface area contributed by atoms with Crippen LogP contribution in [0.3, 0.4) is 0 Å². The van der Waals surface area contributed by atoms with Gasteiger partial charge in [-0.3, -0.25) is 4.99 Å². The van der Waals surface area contributed by atoms with Crippen molar-refractivity contribution in [3.8, 4) is 5.75 Å². The van der Waals surface area contributed by atoms with Gasteiger partial charge < -0.3 is 10.4 Å². The highest BCUT2D eigenvalue weighted by Gasteiger charge is 2.18. The maximum Gasteiger partial charge on any atom is 0.115 e. The zero-order valence-electron chi connectivity index (χ0n) is 9.17. The molecule has 1 unspecified atom stereocenters. The molecule has 0 radical (unpaired) electrons. The van der Waals surface area contributed by atoms with Crippen molar-refractivity contribution in [2.45, 2.75) is 6.04 Å². The van der Waals surface area contributed by atoms with Crippen molar-refractivity contribution in [1.29, 1.82) is 0 Å². The summed E-state index contributed by atoms with van der Waals surface area (Å²) in [6.45, 7) is 0. The first-order valence-corrected chi connectivity index (χ1v) is 5.50. The maximum absolute atomic E-state index is 9.30. The number of fused-ring (bicyclic) bond motifs is 1. The summed E-state index contributed by atoms with van der Waals surface area (Å²) in [5.74, 6) is 0.278. The summed E-state index contributed by atoms with van der Waals surface area (Å²) in [4.78, 5) is 4.45. The lowest BCUT2D eigenvalue weighted by molar-refractivity contribution is 0.475. The van der Waals surface area contributed by atoms with Crippen molar-refractivity contribution >= 4 is 12.0 Å². The molecule has 0 amide bonds. The van der Waals surface area contributed by atoms with Crippen LogP contribution < -0.4 is 5.32 Å². The summed E-state index contributed by atoms with van der Waals surface area (Å²) in [6, 6.07) is 15.3. The van der Waals surface area contributed by atoms with Gasteiger partial charge in [-0.05, 0) is 23.8 Å². The molecule has 3 rings (SSSR count). The van der Waals surface area contributed by atoms with Crippen LogP contribution in [0.15, 0.2) is 53.5 Å². The Morgan fingerprint density at radius 2 is 1.76 bits per heavy atom. The van der Waals surface area contributed by atoms with Gasteiger partial charge in [0.25, 0.3) is 0 Å². The average molecular weight is 224 g/mol. The summed E-state index contributed by atoms with van der Waals surface area (Å²) < 4.78 is 0. The van der Waals surface area contributed by atoms with E-state index in [1.165, 1.54) is 0 Å². The Hall–Kier alpha value is -2.29. The minimum absolute atomic E-state index is 0.00745. The molecule has 2 N–H and O–H groups in total. The molecule has 0 fully saturated rings. The summed E-state index contributed by atoms with van der Waals surface area (Å²) in [6.07, 6.45) is 1.72. The highest BCUT2D eigenvalue weighted by atomic mass is 16.3. The van der Waals surface area contributed by atoms with Crippen LogP contribution in [-0.2, 0) is 0 Å². The van der Waals surface area contributed by atoms with E-state index in [2.05, 4.69) is 16.4 Å². The van der Waals surface area contributed by atoms with Crippen molar-refractivity contribution in [1.82, 2.24) is 0 Å². The third-order valence-corrected chi connectivity index (χ3v) is 2.91. The van der Waals surface area contributed by atoms with E-state index in [-0.39, 0.29) is 11.8 Å². The van der Waals surface area contributed by atoms with Gasteiger partial charge in [0.2, 0.25) is 0 Å². The molecule has 0 aromatic heterocycles. The molecule has 1 aliphatic heterocycles. The Labute approximate surface area is 99.5 Å². The number of para-hydroxylation sites is 1. The zero-order chi connectivity index (χ0) is 11.7. The molecule has 3 nitrogen and oxygen atoms in total. The Balaban J connectivity index is 2.06. The van der Waals surface area contributed by atoms with E-state index in [4.69, 9.17) is 0 Å². The monoisotopic (exact) mass is 224 g/mol. The fourth-order valence-corrected chi connectivity index (χ4v) is 2.05. The molecular weight excluding hydrogens is 212 g/mol. The summed E-state index contributed by atoms with van der Waals surface area (Å²) in [7, 11) is 0. The smallest absolute Gasteiger partial charge is 0.115 e. The second kappa shape index (κ2) is 3.94. The van der Waals surface area contributed by atoms with Crippen LogP contribution in [0.25, 0.3) is 0 Å². The topological polar surface area (TPSA) is 44.6 Å². The number of aromatic hydroxyl groups is 1. The standard InChI is InChI=1S/C14H12N2O/c17-11-7-5-10(6-8-11)14-12-3-1-2-4-13(12)15-9-16-14/h1-9,14,17H,(H,15,16). The Kier molecular flexibility index (Phi) is 2.29. The van der Waals surface area contributed by atoms with Crippen molar-refractivity contribution < 1.29 is 5.11 Å². The number of aliphatic imine (C=N–C) groups is 1. The molecule has 0 bridgehead atoms. The molecule has 0 spiro atoms. The van der Waals surface area contributed by atoms with E-state index in [0.717, 1.165) is 16.8 Å². The SMILES string of the molecule is Oc1ccc(C2N=CNc3ccccc32)cc1. The molecule has 0 aliphatic carbocycles. The van der Waals surface area contributed by atoms with E-state index in [0.29, 0.717) is 0 Å². The fourth-order valence-electron chi connectivity index (χ4n) is 2.05. The number of phenols is 1. The molecule has 1 aliphatic rings. The number of hydrogen-bond donors (Lipinski definition) is 2. The van der Waals surface area contributed by atoms with Gasteiger partial charge in [0, 0.05) is 11.3 Å². The Bertz CT molecular complexity index is 561. The van der Waals surface area contributed by atoms with E-state index < -0.39 is 0 Å². The number of hydrogen-bond acceptors (Lipinski definition) is 3. The van der Waals surface area contributed by atoms with E-state index >= 15 is 0 Å². The predicted octanol–water partition coefficient (Wildman–Crippen LogP) is 2.94. The molecule has 2 aromatic rings. The number of benzene rings is 2. The number of phenolic OH excluding ortho intramolecular Hbond substituents is 1. The molecule has 17 heavy (non-hydrogen) atoms.